The zero-order valence-electron chi connectivity index (χ0n) is 10.6. The minimum atomic E-state index is -0.467. The lowest BCUT2D eigenvalue weighted by Gasteiger charge is -2.28. The average Bonchev–Trinajstić information content (AvgIpc) is 2.83. The molecule has 0 saturated heterocycles. The van der Waals surface area contributed by atoms with E-state index in [9.17, 15) is 4.79 Å². The molecule has 1 heterocycles. The van der Waals surface area contributed by atoms with Gasteiger partial charge in [0.25, 0.3) is 0 Å². The van der Waals surface area contributed by atoms with Crippen molar-refractivity contribution in [3.8, 4) is 0 Å². The summed E-state index contributed by atoms with van der Waals surface area (Å²) >= 11 is 0. The molecule has 0 unspecified atom stereocenters. The lowest BCUT2D eigenvalue weighted by atomic mass is 10.00. The van der Waals surface area contributed by atoms with Gasteiger partial charge >= 0.3 is 5.97 Å². The van der Waals surface area contributed by atoms with Gasteiger partial charge in [0.2, 0.25) is 0 Å². The van der Waals surface area contributed by atoms with Crippen LogP contribution in [0, 0.1) is 6.92 Å². The number of rotatable bonds is 2. The number of nitrogens with two attached hydrogens (primary N) is 1. The minimum absolute atomic E-state index is 0.00651. The van der Waals surface area contributed by atoms with Crippen LogP contribution in [0.15, 0.2) is 0 Å². The molecule has 5 nitrogen and oxygen atoms in total. The number of nitrogens with zero attached hydrogens (tertiary/aromatic N) is 2. The topological polar surface area (TPSA) is 70.1 Å². The summed E-state index contributed by atoms with van der Waals surface area (Å²) in [4.78, 5) is 15.8. The first-order valence-corrected chi connectivity index (χ1v) is 5.93. The van der Waals surface area contributed by atoms with Gasteiger partial charge in [-0.15, -0.1) is 0 Å². The molecule has 94 valence electrons. The van der Waals surface area contributed by atoms with Gasteiger partial charge in [0.05, 0.1) is 7.11 Å². The predicted octanol–water partition coefficient (Wildman–Crippen LogP) is 1.85. The molecule has 5 heteroatoms. The molecule has 0 radical (unpaired) electrons. The van der Waals surface area contributed by atoms with Crippen molar-refractivity contribution >= 4 is 11.8 Å². The first kappa shape index (κ1) is 12.0. The van der Waals surface area contributed by atoms with E-state index in [-0.39, 0.29) is 11.2 Å². The predicted molar refractivity (Wildman–Crippen MR) is 64.8 cm³/mol. The fourth-order valence-electron chi connectivity index (χ4n) is 2.84. The Balaban J connectivity index is 2.48. The van der Waals surface area contributed by atoms with Crippen molar-refractivity contribution in [2.24, 2.45) is 0 Å². The van der Waals surface area contributed by atoms with E-state index in [1.54, 1.807) is 0 Å². The van der Waals surface area contributed by atoms with Crippen molar-refractivity contribution in [2.75, 3.05) is 12.8 Å². The number of nitrogen functional groups attached to an aromatic ring is 1. The monoisotopic (exact) mass is 237 g/mol. The maximum absolute atomic E-state index is 11.5. The van der Waals surface area contributed by atoms with Gasteiger partial charge in [-0.25, -0.2) is 9.78 Å². The van der Waals surface area contributed by atoms with Gasteiger partial charge in [0.15, 0.2) is 5.69 Å². The molecule has 2 rings (SSSR count). The summed E-state index contributed by atoms with van der Waals surface area (Å²) in [5.41, 5.74) is 6.27. The fraction of sp³-hybridized carbons (Fsp3) is 0.667. The minimum Gasteiger partial charge on any atom is -0.464 e. The van der Waals surface area contributed by atoms with E-state index in [0.717, 1.165) is 18.7 Å². The lowest BCUT2D eigenvalue weighted by Crippen LogP contribution is -2.29. The Kier molecular flexibility index (Phi) is 2.85. The number of carbonyl (C=O) groups is 1. The summed E-state index contributed by atoms with van der Waals surface area (Å²) < 4.78 is 6.68. The van der Waals surface area contributed by atoms with E-state index >= 15 is 0 Å². The van der Waals surface area contributed by atoms with Gasteiger partial charge in [-0.3, -0.25) is 0 Å². The Morgan fingerprint density at radius 3 is 2.59 bits per heavy atom. The molecule has 0 aliphatic heterocycles. The van der Waals surface area contributed by atoms with Gasteiger partial charge < -0.3 is 15.0 Å². The third-order valence-electron chi connectivity index (χ3n) is 3.68. The molecular formula is C12H19N3O2. The van der Waals surface area contributed by atoms with Crippen molar-refractivity contribution in [1.82, 2.24) is 9.55 Å². The van der Waals surface area contributed by atoms with Gasteiger partial charge in [-0.05, 0) is 26.7 Å². The van der Waals surface area contributed by atoms with E-state index < -0.39 is 5.97 Å². The van der Waals surface area contributed by atoms with Crippen LogP contribution in [0.3, 0.4) is 0 Å². The van der Waals surface area contributed by atoms with E-state index in [0.29, 0.717) is 5.82 Å². The first-order chi connectivity index (χ1) is 7.99. The van der Waals surface area contributed by atoms with E-state index in [4.69, 9.17) is 5.73 Å². The van der Waals surface area contributed by atoms with Crippen LogP contribution in [-0.2, 0) is 10.3 Å². The highest BCUT2D eigenvalue weighted by Gasteiger charge is 2.35. The number of hydrogen-bond donors (Lipinski definition) is 1. The van der Waals surface area contributed by atoms with Crippen LogP contribution in [0.4, 0.5) is 5.82 Å². The van der Waals surface area contributed by atoms with E-state index in [1.165, 1.54) is 20.0 Å². The van der Waals surface area contributed by atoms with Crippen LogP contribution in [0.2, 0.25) is 0 Å². The number of carbonyl (C=O) groups excluding carboxylic acids is 1. The van der Waals surface area contributed by atoms with Crippen LogP contribution in [0.5, 0.6) is 0 Å². The van der Waals surface area contributed by atoms with Gasteiger partial charge in [-0.2, -0.15) is 0 Å². The molecule has 1 saturated carbocycles. The highest BCUT2D eigenvalue weighted by Crippen LogP contribution is 2.39. The normalized spacial score (nSPS) is 18.3. The number of hydrogen-bond acceptors (Lipinski definition) is 4. The second kappa shape index (κ2) is 4.05. The Morgan fingerprint density at radius 2 is 2.06 bits per heavy atom. The van der Waals surface area contributed by atoms with Gasteiger partial charge in [-0.1, -0.05) is 12.8 Å². The number of imidazole rings is 1. The number of esters is 1. The Morgan fingerprint density at radius 1 is 1.47 bits per heavy atom. The first-order valence-electron chi connectivity index (χ1n) is 5.93. The second-order valence-electron chi connectivity index (χ2n) is 4.92. The summed E-state index contributed by atoms with van der Waals surface area (Å²) in [5.74, 6) is 0.747. The van der Waals surface area contributed by atoms with E-state index in [2.05, 4.69) is 16.6 Å². The van der Waals surface area contributed by atoms with Crippen LogP contribution in [-0.4, -0.2) is 22.6 Å². The molecule has 1 fully saturated rings. The lowest BCUT2D eigenvalue weighted by molar-refractivity contribution is 0.0595. The number of methoxy groups -OCH3 is 1. The zero-order valence-corrected chi connectivity index (χ0v) is 10.6. The SMILES string of the molecule is COC(=O)c1nc(C)n(C2(C)CCCC2)c1N. The Labute approximate surface area is 101 Å². The Hall–Kier alpha value is -1.52. The third kappa shape index (κ3) is 1.79. The molecule has 0 aromatic carbocycles. The van der Waals surface area contributed by atoms with Crippen LogP contribution >= 0.6 is 0 Å². The molecule has 17 heavy (non-hydrogen) atoms. The fourth-order valence-corrected chi connectivity index (χ4v) is 2.84. The van der Waals surface area contributed by atoms with Crippen molar-refractivity contribution in [3.63, 3.8) is 0 Å². The largest absolute Gasteiger partial charge is 0.464 e. The number of aromatic nitrogens is 2. The molecule has 0 spiro atoms. The standard InChI is InChI=1S/C12H19N3O2/c1-8-14-9(11(16)17-3)10(13)15(8)12(2)6-4-5-7-12/h4-7,13H2,1-3H3. The molecule has 1 aromatic heterocycles. The van der Waals surface area contributed by atoms with Gasteiger partial charge in [0.1, 0.15) is 11.6 Å². The molecule has 1 aliphatic rings. The van der Waals surface area contributed by atoms with Crippen LogP contribution in [0.25, 0.3) is 0 Å². The number of ether oxygens (including phenoxy) is 1. The number of anilines is 1. The molecule has 1 aliphatic carbocycles. The van der Waals surface area contributed by atoms with Crippen molar-refractivity contribution in [3.05, 3.63) is 11.5 Å². The highest BCUT2D eigenvalue weighted by atomic mass is 16.5. The average molecular weight is 237 g/mol. The summed E-state index contributed by atoms with van der Waals surface area (Å²) in [7, 11) is 1.34. The summed E-state index contributed by atoms with van der Waals surface area (Å²) in [6, 6.07) is 0. The molecule has 0 amide bonds. The molecule has 0 bridgehead atoms. The van der Waals surface area contributed by atoms with Crippen molar-refractivity contribution in [2.45, 2.75) is 45.1 Å². The maximum atomic E-state index is 11.5. The van der Waals surface area contributed by atoms with Crippen LogP contribution in [0.1, 0.15) is 48.9 Å². The number of aryl methyl sites for hydroxylation is 1. The quantitative estimate of drug-likeness (QED) is 0.797. The summed E-state index contributed by atoms with van der Waals surface area (Å²) in [6.45, 7) is 4.05. The molecular weight excluding hydrogens is 218 g/mol. The third-order valence-corrected chi connectivity index (χ3v) is 3.68. The maximum Gasteiger partial charge on any atom is 0.360 e. The highest BCUT2D eigenvalue weighted by molar-refractivity contribution is 5.92. The van der Waals surface area contributed by atoms with Gasteiger partial charge in [0, 0.05) is 5.54 Å². The summed E-state index contributed by atoms with van der Waals surface area (Å²) in [6.07, 6.45) is 4.55. The van der Waals surface area contributed by atoms with Crippen molar-refractivity contribution < 1.29 is 9.53 Å². The molecule has 2 N–H and O–H groups in total. The van der Waals surface area contributed by atoms with Crippen LogP contribution < -0.4 is 5.73 Å². The van der Waals surface area contributed by atoms with E-state index in [1.807, 2.05) is 11.5 Å². The smallest absolute Gasteiger partial charge is 0.360 e. The Bertz CT molecular complexity index is 445. The summed E-state index contributed by atoms with van der Waals surface area (Å²) in [5, 5.41) is 0. The van der Waals surface area contributed by atoms with Crippen molar-refractivity contribution in [1.29, 1.82) is 0 Å². The zero-order chi connectivity index (χ0) is 12.6. The molecule has 1 aromatic rings. The molecule has 0 atom stereocenters. The second-order valence-corrected chi connectivity index (χ2v) is 4.92.